The molecule has 6 N–H and O–H groups in total. The number of nitrogens with two attached hydrogens (primary N) is 2. The molecule has 36 heavy (non-hydrogen) atoms. The molecule has 0 saturated carbocycles. The number of nitrogen functional groups attached to an aromatic ring is 2. The fraction of sp³-hybridized carbons (Fsp3) is 0.231. The number of carbonyl (C=O) groups excluding carboxylic acids is 2. The Morgan fingerprint density at radius 2 is 1.17 bits per heavy atom. The first-order chi connectivity index (χ1) is 16.1. The average Bonchev–Trinajstić information content (AvgIpc) is 2.79. The summed E-state index contributed by atoms with van der Waals surface area (Å²) >= 11 is 0. The van der Waals surface area contributed by atoms with Crippen molar-refractivity contribution < 1.29 is 9.59 Å². The van der Waals surface area contributed by atoms with Crippen molar-refractivity contribution in [2.24, 2.45) is 5.41 Å². The molecule has 0 spiro atoms. The number of nitrogens with one attached hydrogen (secondary N) is 2. The van der Waals surface area contributed by atoms with E-state index in [2.05, 4.69) is 20.6 Å². The summed E-state index contributed by atoms with van der Waals surface area (Å²) in [5, 5.41) is 7.21. The zero-order valence-electron chi connectivity index (χ0n) is 20.5. The fourth-order valence-electron chi connectivity index (χ4n) is 3.90. The van der Waals surface area contributed by atoms with Crippen molar-refractivity contribution in [3.05, 3.63) is 59.9 Å². The van der Waals surface area contributed by atoms with E-state index in [-0.39, 0.29) is 24.8 Å². The zero-order chi connectivity index (χ0) is 24.6. The predicted molar refractivity (Wildman–Crippen MR) is 152 cm³/mol. The van der Waals surface area contributed by atoms with E-state index in [9.17, 15) is 9.59 Å². The average molecular weight is 529 g/mol. The summed E-state index contributed by atoms with van der Waals surface area (Å²) in [6, 6.07) is 14.2. The van der Waals surface area contributed by atoms with Crippen molar-refractivity contribution in [1.29, 1.82) is 0 Å². The number of hydrogen-bond donors (Lipinski definition) is 4. The Hall–Kier alpha value is -3.62. The number of hydrogen-bond acceptors (Lipinski definition) is 6. The van der Waals surface area contributed by atoms with Crippen LogP contribution >= 0.6 is 24.8 Å². The molecule has 2 heterocycles. The molecule has 190 valence electrons. The van der Waals surface area contributed by atoms with Crippen LogP contribution in [0.4, 0.5) is 22.7 Å². The van der Waals surface area contributed by atoms with E-state index in [1.54, 1.807) is 62.4 Å². The summed E-state index contributed by atoms with van der Waals surface area (Å²) in [6.07, 6.45) is 0.303. The van der Waals surface area contributed by atoms with Gasteiger partial charge in [-0.3, -0.25) is 19.6 Å². The lowest BCUT2D eigenvalue weighted by Gasteiger charge is -2.26. The third-order valence-electron chi connectivity index (χ3n) is 6.16. The van der Waals surface area contributed by atoms with Crippen LogP contribution in [0.15, 0.2) is 48.5 Å². The summed E-state index contributed by atoms with van der Waals surface area (Å²) in [5.41, 5.74) is 16.3. The lowest BCUT2D eigenvalue weighted by atomic mass is 9.85. The summed E-state index contributed by atoms with van der Waals surface area (Å²) < 4.78 is 0. The second-order valence-corrected chi connectivity index (χ2v) is 8.76. The number of anilines is 4. The van der Waals surface area contributed by atoms with Gasteiger partial charge in [0.2, 0.25) is 11.8 Å². The number of halogens is 2. The number of rotatable bonds is 5. The van der Waals surface area contributed by atoms with Crippen LogP contribution in [-0.4, -0.2) is 21.8 Å². The Morgan fingerprint density at radius 3 is 1.53 bits per heavy atom. The molecule has 0 aliphatic heterocycles. The van der Waals surface area contributed by atoms with Crippen LogP contribution in [0.25, 0.3) is 21.8 Å². The van der Waals surface area contributed by atoms with Crippen LogP contribution in [0.5, 0.6) is 0 Å². The monoisotopic (exact) mass is 528 g/mol. The van der Waals surface area contributed by atoms with Crippen molar-refractivity contribution in [3.63, 3.8) is 0 Å². The molecule has 2 aromatic heterocycles. The molecule has 0 fully saturated rings. The van der Waals surface area contributed by atoms with Gasteiger partial charge in [0.15, 0.2) is 0 Å². The quantitative estimate of drug-likeness (QED) is 0.256. The Labute approximate surface area is 222 Å². The van der Waals surface area contributed by atoms with Gasteiger partial charge in [0.05, 0.1) is 11.0 Å². The maximum atomic E-state index is 13.2. The van der Waals surface area contributed by atoms with E-state index in [1.165, 1.54) is 0 Å². The minimum Gasteiger partial charge on any atom is -0.398 e. The number of aromatic nitrogens is 2. The predicted octanol–water partition coefficient (Wildman–Crippen LogP) is 5.40. The highest BCUT2D eigenvalue weighted by Gasteiger charge is 2.39. The molecule has 2 aromatic carbocycles. The smallest absolute Gasteiger partial charge is 0.239 e. The Bertz CT molecular complexity index is 1350. The van der Waals surface area contributed by atoms with E-state index in [4.69, 9.17) is 11.5 Å². The lowest BCUT2D eigenvalue weighted by molar-refractivity contribution is -0.136. The summed E-state index contributed by atoms with van der Waals surface area (Å²) in [5.74, 6) is -0.828. The molecule has 0 bridgehead atoms. The molecular weight excluding hydrogens is 499 g/mol. The molecule has 0 saturated heterocycles. The van der Waals surface area contributed by atoms with Gasteiger partial charge < -0.3 is 22.1 Å². The van der Waals surface area contributed by atoms with E-state index in [1.807, 2.05) is 13.8 Å². The van der Waals surface area contributed by atoms with E-state index >= 15 is 0 Å². The van der Waals surface area contributed by atoms with Gasteiger partial charge in [-0.2, -0.15) is 0 Å². The van der Waals surface area contributed by atoms with Crippen molar-refractivity contribution in [2.45, 2.75) is 34.1 Å². The van der Waals surface area contributed by atoms with Gasteiger partial charge in [0.1, 0.15) is 5.41 Å². The molecule has 2 amide bonds. The number of benzene rings is 2. The second kappa shape index (κ2) is 11.0. The van der Waals surface area contributed by atoms with Crippen LogP contribution in [0.3, 0.4) is 0 Å². The van der Waals surface area contributed by atoms with Gasteiger partial charge in [0.25, 0.3) is 0 Å². The van der Waals surface area contributed by atoms with Crippen molar-refractivity contribution in [3.8, 4) is 0 Å². The fourth-order valence-corrected chi connectivity index (χ4v) is 3.90. The molecule has 8 nitrogen and oxygen atoms in total. The number of nitrogens with zero attached hydrogens (tertiary/aromatic N) is 2. The van der Waals surface area contributed by atoms with Gasteiger partial charge in [0, 0.05) is 44.9 Å². The molecule has 0 aliphatic rings. The molecule has 0 radical (unpaired) electrons. The lowest BCUT2D eigenvalue weighted by Crippen LogP contribution is -2.43. The summed E-state index contributed by atoms with van der Waals surface area (Å²) in [4.78, 5) is 35.4. The van der Waals surface area contributed by atoms with Gasteiger partial charge in [-0.25, -0.2) is 0 Å². The highest BCUT2D eigenvalue weighted by molar-refractivity contribution is 6.15. The molecule has 0 aliphatic carbocycles. The summed E-state index contributed by atoms with van der Waals surface area (Å²) in [7, 11) is 0. The first-order valence-corrected chi connectivity index (χ1v) is 11.1. The molecule has 4 rings (SSSR count). The van der Waals surface area contributed by atoms with Crippen LogP contribution in [0.1, 0.15) is 31.7 Å². The summed E-state index contributed by atoms with van der Waals surface area (Å²) in [6.45, 7) is 7.17. The van der Waals surface area contributed by atoms with E-state index in [0.717, 1.165) is 33.2 Å². The van der Waals surface area contributed by atoms with Crippen LogP contribution in [0, 0.1) is 19.3 Å². The molecule has 4 aromatic rings. The van der Waals surface area contributed by atoms with Gasteiger partial charge in [-0.05, 0) is 75.7 Å². The Kier molecular flexibility index (Phi) is 8.72. The normalized spacial score (nSPS) is 10.9. The molecular formula is C26H30Cl2N6O2. The van der Waals surface area contributed by atoms with Crippen LogP contribution in [-0.2, 0) is 9.59 Å². The Morgan fingerprint density at radius 1 is 0.778 bits per heavy atom. The first-order valence-electron chi connectivity index (χ1n) is 11.1. The number of aryl methyl sites for hydroxylation is 2. The SMILES string of the molecule is CCC(C)(C(=O)Nc1ccc2nc(C)cc(N)c2c1)C(=O)Nc1ccc2nc(C)cc(N)c2c1.Cl.Cl. The first kappa shape index (κ1) is 28.6. The third-order valence-corrected chi connectivity index (χ3v) is 6.16. The number of carbonyl (C=O) groups is 2. The number of pyridine rings is 2. The van der Waals surface area contributed by atoms with Crippen molar-refractivity contribution in [2.75, 3.05) is 22.1 Å². The van der Waals surface area contributed by atoms with E-state index in [0.29, 0.717) is 29.2 Å². The van der Waals surface area contributed by atoms with Crippen LogP contribution in [0.2, 0.25) is 0 Å². The molecule has 0 unspecified atom stereocenters. The molecule has 10 heteroatoms. The van der Waals surface area contributed by atoms with E-state index < -0.39 is 17.2 Å². The van der Waals surface area contributed by atoms with Crippen LogP contribution < -0.4 is 22.1 Å². The molecule has 0 atom stereocenters. The number of fused-ring (bicyclic) bond motifs is 2. The minimum absolute atomic E-state index is 0. The highest BCUT2D eigenvalue weighted by Crippen LogP contribution is 2.30. The largest absolute Gasteiger partial charge is 0.398 e. The maximum Gasteiger partial charge on any atom is 0.239 e. The zero-order valence-corrected chi connectivity index (χ0v) is 22.1. The topological polar surface area (TPSA) is 136 Å². The third kappa shape index (κ3) is 5.45. The number of amides is 2. The Balaban J connectivity index is 0.00000228. The second-order valence-electron chi connectivity index (χ2n) is 8.76. The van der Waals surface area contributed by atoms with Gasteiger partial charge >= 0.3 is 0 Å². The minimum atomic E-state index is -1.31. The standard InChI is InChI=1S/C26H28N6O2.2ClH/c1-5-26(4,24(33)31-16-6-8-22-18(12-16)20(27)10-14(2)29-22)25(34)32-17-7-9-23-19(13-17)21(28)11-15(3)30-23;;/h6-13H,5H2,1-4H3,(H2,27,29)(H2,28,30)(H,31,33)(H,32,34);2*1H. The van der Waals surface area contributed by atoms with Crippen molar-refractivity contribution in [1.82, 2.24) is 9.97 Å². The van der Waals surface area contributed by atoms with Gasteiger partial charge in [-0.1, -0.05) is 6.92 Å². The van der Waals surface area contributed by atoms with Crippen molar-refractivity contribution >= 4 is 81.2 Å². The maximum absolute atomic E-state index is 13.2. The van der Waals surface area contributed by atoms with Gasteiger partial charge in [-0.15, -0.1) is 24.8 Å². The highest BCUT2D eigenvalue weighted by atomic mass is 35.5.